The highest BCUT2D eigenvalue weighted by Gasteiger charge is 2.38. The van der Waals surface area contributed by atoms with Gasteiger partial charge in [-0.05, 0) is 42.4 Å². The lowest BCUT2D eigenvalue weighted by Crippen LogP contribution is -2.53. The molecule has 0 aliphatic rings. The van der Waals surface area contributed by atoms with Gasteiger partial charge in [-0.2, -0.15) is 0 Å². The van der Waals surface area contributed by atoms with Crippen LogP contribution in [0.3, 0.4) is 0 Å². The molecule has 0 heterocycles. The predicted molar refractivity (Wildman–Crippen MR) is 150 cm³/mol. The quantitative estimate of drug-likeness (QED) is 0.240. The Morgan fingerprint density at radius 3 is 1.82 bits per heavy atom. The lowest BCUT2D eigenvalue weighted by atomic mass is 9.86. The molecule has 0 fully saturated rings. The van der Waals surface area contributed by atoms with Crippen molar-refractivity contribution >= 4 is 24.1 Å². The van der Waals surface area contributed by atoms with Crippen LogP contribution in [0, 0.1) is 29.6 Å². The summed E-state index contributed by atoms with van der Waals surface area (Å²) in [5.41, 5.74) is 5.43. The lowest BCUT2D eigenvalue weighted by molar-refractivity contribution is -0.148. The molecule has 0 saturated carbocycles. The van der Waals surface area contributed by atoms with Gasteiger partial charge in [0.25, 0.3) is 0 Å². The fourth-order valence-corrected chi connectivity index (χ4v) is 3.56. The second kappa shape index (κ2) is 15.6. The zero-order valence-corrected chi connectivity index (χ0v) is 25.6. The number of ether oxygens (including phenoxy) is 5. The number of carbonyl (C=O) groups is 4. The smallest absolute Gasteiger partial charge is 0.468 e. The molecule has 0 saturated heterocycles. The van der Waals surface area contributed by atoms with Crippen LogP contribution in [0.5, 0.6) is 11.5 Å². The van der Waals surface area contributed by atoms with Crippen molar-refractivity contribution in [1.82, 2.24) is 0 Å². The standard InChI is InChI=1S/C30H47NO9/c1-17(2)16-37-29(35)38-20(7)14-30(31,28(34)36-10)15-23-11-12-24(39-26(32)21(8)18(3)4)25(13-23)40-27(33)22(9)19(5)6/h11-13,17-22H,14-16,31H2,1-10H3/t20-,21?,22?,30?/m0/s1. The topological polar surface area (TPSA) is 140 Å². The average Bonchev–Trinajstić information content (AvgIpc) is 2.86. The molecule has 0 bridgehead atoms. The Hall–Kier alpha value is -3.14. The SMILES string of the molecule is COC(=O)C(N)(Cc1ccc(OC(=O)C(C)C(C)C)c(OC(=O)C(C)C(C)C)c1)C[C@H](C)OC(=O)OCC(C)C. The van der Waals surface area contributed by atoms with Crippen LogP contribution in [0.1, 0.15) is 74.3 Å². The first kappa shape index (κ1) is 34.9. The molecule has 226 valence electrons. The summed E-state index contributed by atoms with van der Waals surface area (Å²) in [7, 11) is 1.21. The van der Waals surface area contributed by atoms with Gasteiger partial charge in [0.05, 0.1) is 25.6 Å². The third-order valence-electron chi connectivity index (χ3n) is 6.77. The van der Waals surface area contributed by atoms with Gasteiger partial charge in [-0.15, -0.1) is 0 Å². The van der Waals surface area contributed by atoms with Gasteiger partial charge in [0, 0.05) is 12.8 Å². The molecule has 4 atom stereocenters. The van der Waals surface area contributed by atoms with Crippen LogP contribution in [0.4, 0.5) is 4.79 Å². The summed E-state index contributed by atoms with van der Waals surface area (Å²) >= 11 is 0. The van der Waals surface area contributed by atoms with E-state index in [0.717, 1.165) is 0 Å². The molecule has 10 nitrogen and oxygen atoms in total. The normalized spacial score (nSPS) is 15.2. The Morgan fingerprint density at radius 2 is 1.35 bits per heavy atom. The van der Waals surface area contributed by atoms with Crippen LogP contribution in [0.25, 0.3) is 0 Å². The third kappa shape index (κ3) is 10.8. The van der Waals surface area contributed by atoms with Gasteiger partial charge in [0.1, 0.15) is 11.6 Å². The average molecular weight is 566 g/mol. The van der Waals surface area contributed by atoms with E-state index in [1.807, 2.05) is 41.5 Å². The summed E-state index contributed by atoms with van der Waals surface area (Å²) < 4.78 is 26.6. The molecule has 0 radical (unpaired) electrons. The number of rotatable bonds is 14. The highest BCUT2D eigenvalue weighted by Crippen LogP contribution is 2.33. The van der Waals surface area contributed by atoms with Crippen molar-refractivity contribution in [3.05, 3.63) is 23.8 Å². The van der Waals surface area contributed by atoms with E-state index in [0.29, 0.717) is 5.56 Å². The number of nitrogens with two attached hydrogens (primary N) is 1. The Bertz CT molecular complexity index is 1020. The minimum absolute atomic E-state index is 0.0207. The van der Waals surface area contributed by atoms with Crippen LogP contribution in [0.2, 0.25) is 0 Å². The van der Waals surface area contributed by atoms with E-state index in [-0.39, 0.29) is 54.6 Å². The fourth-order valence-electron chi connectivity index (χ4n) is 3.56. The predicted octanol–water partition coefficient (Wildman–Crippen LogP) is 5.08. The lowest BCUT2D eigenvalue weighted by Gasteiger charge is -2.29. The Morgan fingerprint density at radius 1 is 0.825 bits per heavy atom. The molecule has 0 amide bonds. The van der Waals surface area contributed by atoms with Gasteiger partial charge >= 0.3 is 24.1 Å². The largest absolute Gasteiger partial charge is 0.508 e. The van der Waals surface area contributed by atoms with Gasteiger partial charge in [-0.25, -0.2) is 4.79 Å². The van der Waals surface area contributed by atoms with E-state index >= 15 is 0 Å². The Labute approximate surface area is 238 Å². The third-order valence-corrected chi connectivity index (χ3v) is 6.77. The molecule has 0 aliphatic carbocycles. The van der Waals surface area contributed by atoms with Crippen molar-refractivity contribution < 1.29 is 42.9 Å². The van der Waals surface area contributed by atoms with Crippen molar-refractivity contribution in [3.63, 3.8) is 0 Å². The van der Waals surface area contributed by atoms with Gasteiger partial charge in [-0.3, -0.25) is 14.4 Å². The molecule has 40 heavy (non-hydrogen) atoms. The fraction of sp³-hybridized carbons (Fsp3) is 0.667. The van der Waals surface area contributed by atoms with Crippen LogP contribution in [0.15, 0.2) is 18.2 Å². The molecule has 0 spiro atoms. The number of benzene rings is 1. The molecule has 1 rings (SSSR count). The molecule has 1 aromatic rings. The molecule has 0 aromatic heterocycles. The van der Waals surface area contributed by atoms with Crippen molar-refractivity contribution in [1.29, 1.82) is 0 Å². The molecule has 0 aliphatic heterocycles. The summed E-state index contributed by atoms with van der Waals surface area (Å²) in [5, 5.41) is 0. The first-order valence-corrected chi connectivity index (χ1v) is 13.8. The second-order valence-electron chi connectivity index (χ2n) is 11.6. The minimum atomic E-state index is -1.59. The summed E-state index contributed by atoms with van der Waals surface area (Å²) in [6.45, 7) is 16.7. The molecule has 1 aromatic carbocycles. The summed E-state index contributed by atoms with van der Waals surface area (Å²) in [5.74, 6) is -2.16. The first-order valence-electron chi connectivity index (χ1n) is 13.8. The van der Waals surface area contributed by atoms with Crippen LogP contribution in [-0.2, 0) is 35.0 Å². The number of hydrogen-bond acceptors (Lipinski definition) is 10. The zero-order chi connectivity index (χ0) is 30.8. The van der Waals surface area contributed by atoms with Crippen LogP contribution >= 0.6 is 0 Å². The molecular weight excluding hydrogens is 518 g/mol. The summed E-state index contributed by atoms with van der Waals surface area (Å²) in [6, 6.07) is 4.64. The van der Waals surface area contributed by atoms with Crippen molar-refractivity contribution in [3.8, 4) is 11.5 Å². The maximum absolute atomic E-state index is 12.8. The van der Waals surface area contributed by atoms with Crippen molar-refractivity contribution in [2.75, 3.05) is 13.7 Å². The number of carbonyl (C=O) groups excluding carboxylic acids is 4. The van der Waals surface area contributed by atoms with Gasteiger partial charge in [-0.1, -0.05) is 61.5 Å². The molecule has 2 N–H and O–H groups in total. The van der Waals surface area contributed by atoms with Crippen LogP contribution in [-0.4, -0.2) is 49.4 Å². The highest BCUT2D eigenvalue weighted by molar-refractivity contribution is 5.81. The van der Waals surface area contributed by atoms with Gasteiger partial charge in [0.15, 0.2) is 11.5 Å². The molecule has 10 heteroatoms. The maximum atomic E-state index is 12.8. The number of esters is 3. The van der Waals surface area contributed by atoms with E-state index in [4.69, 9.17) is 29.4 Å². The van der Waals surface area contributed by atoms with Gasteiger partial charge < -0.3 is 29.4 Å². The van der Waals surface area contributed by atoms with Gasteiger partial charge in [0.2, 0.25) is 0 Å². The van der Waals surface area contributed by atoms with E-state index in [1.165, 1.54) is 19.2 Å². The number of hydrogen-bond donors (Lipinski definition) is 1. The molecular formula is C30H47NO9. The van der Waals surface area contributed by atoms with Crippen molar-refractivity contribution in [2.24, 2.45) is 35.3 Å². The Kier molecular flexibility index (Phi) is 13.6. The summed E-state index contributed by atoms with van der Waals surface area (Å²) in [6.07, 6.45) is -1.75. The van der Waals surface area contributed by atoms with Crippen LogP contribution < -0.4 is 15.2 Å². The monoisotopic (exact) mass is 565 g/mol. The zero-order valence-electron chi connectivity index (χ0n) is 25.6. The summed E-state index contributed by atoms with van der Waals surface area (Å²) in [4.78, 5) is 50.3. The number of methoxy groups -OCH3 is 1. The van der Waals surface area contributed by atoms with E-state index < -0.39 is 41.6 Å². The Balaban J connectivity index is 3.30. The second-order valence-corrected chi connectivity index (χ2v) is 11.6. The first-order chi connectivity index (χ1) is 18.5. The minimum Gasteiger partial charge on any atom is -0.468 e. The highest BCUT2D eigenvalue weighted by atomic mass is 16.7. The van der Waals surface area contributed by atoms with E-state index in [2.05, 4.69) is 0 Å². The molecule has 3 unspecified atom stereocenters. The maximum Gasteiger partial charge on any atom is 0.508 e. The van der Waals surface area contributed by atoms with E-state index in [9.17, 15) is 19.2 Å². The van der Waals surface area contributed by atoms with E-state index in [1.54, 1.807) is 26.8 Å². The van der Waals surface area contributed by atoms with Crippen molar-refractivity contribution in [2.45, 2.75) is 86.8 Å².